The number of hydrogen-bond acceptors (Lipinski definition) is 1. The summed E-state index contributed by atoms with van der Waals surface area (Å²) in [5, 5.41) is 0. The molecule has 0 bridgehead atoms. The summed E-state index contributed by atoms with van der Waals surface area (Å²) in [7, 11) is 1.92. The zero-order valence-corrected chi connectivity index (χ0v) is 12.3. The summed E-state index contributed by atoms with van der Waals surface area (Å²) < 4.78 is 1.16. The minimum Gasteiger partial charge on any atom is -0.341 e. The molecule has 0 aliphatic heterocycles. The highest BCUT2D eigenvalue weighted by molar-refractivity contribution is 14.1. The standard InChI is InChI=1S/C14H18INO/c1-16(10-11-4-2-3-5-11)14(17)12-6-8-13(15)9-7-12/h6-9,11H,2-5,10H2,1H3. The minimum absolute atomic E-state index is 0.147. The molecule has 0 spiro atoms. The second-order valence-electron chi connectivity index (χ2n) is 4.84. The Balaban J connectivity index is 1.96. The van der Waals surface area contributed by atoms with Crippen LogP contribution in [0.15, 0.2) is 24.3 Å². The van der Waals surface area contributed by atoms with Crippen molar-refractivity contribution in [2.45, 2.75) is 25.7 Å². The van der Waals surface area contributed by atoms with Crippen LogP contribution in [0.4, 0.5) is 0 Å². The minimum atomic E-state index is 0.147. The van der Waals surface area contributed by atoms with Crippen molar-refractivity contribution >= 4 is 28.5 Å². The molecule has 92 valence electrons. The van der Waals surface area contributed by atoms with Crippen LogP contribution in [0.3, 0.4) is 0 Å². The molecule has 1 fully saturated rings. The number of carbonyl (C=O) groups excluding carboxylic acids is 1. The fourth-order valence-electron chi connectivity index (χ4n) is 2.48. The lowest BCUT2D eigenvalue weighted by atomic mass is 10.1. The predicted molar refractivity (Wildman–Crippen MR) is 78.1 cm³/mol. The van der Waals surface area contributed by atoms with E-state index in [0.29, 0.717) is 5.92 Å². The van der Waals surface area contributed by atoms with Gasteiger partial charge in [-0.15, -0.1) is 0 Å². The summed E-state index contributed by atoms with van der Waals surface area (Å²) in [5.74, 6) is 0.862. The molecular weight excluding hydrogens is 325 g/mol. The lowest BCUT2D eigenvalue weighted by Gasteiger charge is -2.21. The van der Waals surface area contributed by atoms with Gasteiger partial charge in [0.2, 0.25) is 0 Å². The van der Waals surface area contributed by atoms with Gasteiger partial charge in [-0.3, -0.25) is 4.79 Å². The van der Waals surface area contributed by atoms with Crippen LogP contribution in [0.25, 0.3) is 0 Å². The van der Waals surface area contributed by atoms with Gasteiger partial charge in [0.05, 0.1) is 0 Å². The maximum Gasteiger partial charge on any atom is 0.253 e. The van der Waals surface area contributed by atoms with Crippen LogP contribution < -0.4 is 0 Å². The second-order valence-corrected chi connectivity index (χ2v) is 6.09. The molecule has 0 aromatic heterocycles. The van der Waals surface area contributed by atoms with Gasteiger partial charge in [-0.2, -0.15) is 0 Å². The molecule has 1 saturated carbocycles. The van der Waals surface area contributed by atoms with Gasteiger partial charge < -0.3 is 4.90 Å². The number of hydrogen-bond donors (Lipinski definition) is 0. The first-order chi connectivity index (χ1) is 8.16. The average molecular weight is 343 g/mol. The smallest absolute Gasteiger partial charge is 0.253 e. The summed E-state index contributed by atoms with van der Waals surface area (Å²) in [6, 6.07) is 7.79. The van der Waals surface area contributed by atoms with E-state index in [4.69, 9.17) is 0 Å². The lowest BCUT2D eigenvalue weighted by Crippen LogP contribution is -2.31. The van der Waals surface area contributed by atoms with Gasteiger partial charge in [-0.05, 0) is 65.6 Å². The lowest BCUT2D eigenvalue weighted by molar-refractivity contribution is 0.0773. The highest BCUT2D eigenvalue weighted by Crippen LogP contribution is 2.25. The Labute approximate surface area is 117 Å². The fraction of sp³-hybridized carbons (Fsp3) is 0.500. The molecular formula is C14H18INO. The van der Waals surface area contributed by atoms with E-state index in [1.165, 1.54) is 25.7 Å². The van der Waals surface area contributed by atoms with E-state index in [-0.39, 0.29) is 5.91 Å². The Morgan fingerprint density at radius 2 is 1.88 bits per heavy atom. The summed E-state index contributed by atoms with van der Waals surface area (Å²) >= 11 is 2.25. The Bertz CT molecular complexity index is 382. The normalized spacial score (nSPS) is 16.1. The Morgan fingerprint density at radius 1 is 1.29 bits per heavy atom. The van der Waals surface area contributed by atoms with E-state index in [0.717, 1.165) is 15.7 Å². The zero-order chi connectivity index (χ0) is 12.3. The Kier molecular flexibility index (Phi) is 4.42. The summed E-state index contributed by atoms with van der Waals surface area (Å²) in [5.41, 5.74) is 0.797. The van der Waals surface area contributed by atoms with Crippen LogP contribution in [0, 0.1) is 9.49 Å². The van der Waals surface area contributed by atoms with Crippen LogP contribution >= 0.6 is 22.6 Å². The number of halogens is 1. The van der Waals surface area contributed by atoms with Crippen LogP contribution in [0.5, 0.6) is 0 Å². The fourth-order valence-corrected chi connectivity index (χ4v) is 2.84. The third-order valence-corrected chi connectivity index (χ3v) is 4.16. The number of amides is 1. The van der Waals surface area contributed by atoms with Crippen molar-refractivity contribution in [3.63, 3.8) is 0 Å². The van der Waals surface area contributed by atoms with Gasteiger partial charge in [0, 0.05) is 22.7 Å². The zero-order valence-electron chi connectivity index (χ0n) is 10.2. The molecule has 2 nitrogen and oxygen atoms in total. The predicted octanol–water partition coefficient (Wildman–Crippen LogP) is 3.55. The van der Waals surface area contributed by atoms with E-state index < -0.39 is 0 Å². The summed E-state index contributed by atoms with van der Waals surface area (Å²) in [4.78, 5) is 14.0. The van der Waals surface area contributed by atoms with E-state index in [9.17, 15) is 4.79 Å². The monoisotopic (exact) mass is 343 g/mol. The number of rotatable bonds is 3. The SMILES string of the molecule is CN(CC1CCCC1)C(=O)c1ccc(I)cc1. The Hall–Kier alpha value is -0.580. The first-order valence-corrected chi connectivity index (χ1v) is 7.26. The molecule has 1 aliphatic carbocycles. The first-order valence-electron chi connectivity index (χ1n) is 6.18. The van der Waals surface area contributed by atoms with Crippen molar-refractivity contribution in [1.82, 2.24) is 4.90 Å². The summed E-state index contributed by atoms with van der Waals surface area (Å²) in [6.07, 6.45) is 5.22. The molecule has 1 aliphatic rings. The molecule has 1 aromatic carbocycles. The number of nitrogens with zero attached hydrogens (tertiary/aromatic N) is 1. The third-order valence-electron chi connectivity index (χ3n) is 3.44. The second kappa shape index (κ2) is 5.85. The molecule has 2 rings (SSSR count). The topological polar surface area (TPSA) is 20.3 Å². The third kappa shape index (κ3) is 3.44. The quantitative estimate of drug-likeness (QED) is 0.769. The van der Waals surface area contributed by atoms with Crippen molar-refractivity contribution < 1.29 is 4.79 Å². The van der Waals surface area contributed by atoms with Gasteiger partial charge in [0.15, 0.2) is 0 Å². The summed E-state index contributed by atoms with van der Waals surface area (Å²) in [6.45, 7) is 0.908. The maximum absolute atomic E-state index is 12.2. The van der Waals surface area contributed by atoms with Gasteiger partial charge >= 0.3 is 0 Å². The highest BCUT2D eigenvalue weighted by atomic mass is 127. The van der Waals surface area contributed by atoms with Gasteiger partial charge in [-0.25, -0.2) is 0 Å². The van der Waals surface area contributed by atoms with E-state index >= 15 is 0 Å². The van der Waals surface area contributed by atoms with Crippen molar-refractivity contribution in [3.8, 4) is 0 Å². The molecule has 0 radical (unpaired) electrons. The molecule has 1 aromatic rings. The highest BCUT2D eigenvalue weighted by Gasteiger charge is 2.20. The Morgan fingerprint density at radius 3 is 2.47 bits per heavy atom. The van der Waals surface area contributed by atoms with Gasteiger partial charge in [0.25, 0.3) is 5.91 Å². The van der Waals surface area contributed by atoms with Crippen LogP contribution in [-0.4, -0.2) is 24.4 Å². The molecule has 1 amide bonds. The van der Waals surface area contributed by atoms with Gasteiger partial charge in [-0.1, -0.05) is 12.8 Å². The molecule has 3 heteroatoms. The van der Waals surface area contributed by atoms with E-state index in [2.05, 4.69) is 22.6 Å². The van der Waals surface area contributed by atoms with Crippen molar-refractivity contribution in [2.24, 2.45) is 5.92 Å². The maximum atomic E-state index is 12.2. The number of carbonyl (C=O) groups is 1. The van der Waals surface area contributed by atoms with Crippen LogP contribution in [0.1, 0.15) is 36.0 Å². The van der Waals surface area contributed by atoms with E-state index in [1.807, 2.05) is 36.2 Å². The van der Waals surface area contributed by atoms with E-state index in [1.54, 1.807) is 0 Å². The number of benzene rings is 1. The van der Waals surface area contributed by atoms with Gasteiger partial charge in [0.1, 0.15) is 0 Å². The van der Waals surface area contributed by atoms with Crippen LogP contribution in [-0.2, 0) is 0 Å². The molecule has 0 unspecified atom stereocenters. The van der Waals surface area contributed by atoms with Crippen molar-refractivity contribution in [1.29, 1.82) is 0 Å². The molecule has 0 heterocycles. The van der Waals surface area contributed by atoms with Crippen molar-refractivity contribution in [2.75, 3.05) is 13.6 Å². The molecule has 0 N–H and O–H groups in total. The largest absolute Gasteiger partial charge is 0.341 e. The molecule has 0 atom stereocenters. The van der Waals surface area contributed by atoms with Crippen LogP contribution in [0.2, 0.25) is 0 Å². The first kappa shape index (κ1) is 12.9. The molecule has 17 heavy (non-hydrogen) atoms. The molecule has 0 saturated heterocycles. The van der Waals surface area contributed by atoms with Crippen molar-refractivity contribution in [3.05, 3.63) is 33.4 Å². The average Bonchev–Trinajstić information content (AvgIpc) is 2.82.